The van der Waals surface area contributed by atoms with Crippen molar-refractivity contribution in [2.24, 2.45) is 0 Å². The molecule has 0 N–H and O–H groups in total. The molecule has 0 spiro atoms. The largest absolute Gasteiger partial charge is 0.493 e. The van der Waals surface area contributed by atoms with E-state index in [1.165, 1.54) is 11.3 Å². The smallest absolute Gasteiger partial charge is 0.260 e. The fraction of sp³-hybridized carbons (Fsp3) is 0.417. The van der Waals surface area contributed by atoms with Gasteiger partial charge >= 0.3 is 0 Å². The van der Waals surface area contributed by atoms with Gasteiger partial charge in [-0.15, -0.1) is 0 Å². The number of amides is 1. The Kier molecular flexibility index (Phi) is 7.70. The summed E-state index contributed by atoms with van der Waals surface area (Å²) in [5.74, 6) is 0.974. The lowest BCUT2D eigenvalue weighted by atomic mass is 10.1. The van der Waals surface area contributed by atoms with E-state index in [1.54, 1.807) is 37.3 Å². The number of carbonyl (C=O) groups is 1. The molecule has 9 heteroatoms. The van der Waals surface area contributed by atoms with Crippen molar-refractivity contribution in [2.45, 2.75) is 13.3 Å². The summed E-state index contributed by atoms with van der Waals surface area (Å²) >= 11 is 7.74. The standard InChI is InChI=1S/C24H28ClN3O4S/c1-16-13-18(25)15-21-22(16)26-24(33-21)28(8-4-7-27-9-11-32-12-10-27)23(29)17-5-6-19(30-2)20(14-17)31-3/h5-6,13-15H,4,7-12H2,1-3H3. The summed E-state index contributed by atoms with van der Waals surface area (Å²) in [6, 6.07) is 9.02. The predicted octanol–water partition coefficient (Wildman–Crippen LogP) is 4.64. The van der Waals surface area contributed by atoms with Crippen LogP contribution in [0.15, 0.2) is 30.3 Å². The zero-order chi connectivity index (χ0) is 23.4. The van der Waals surface area contributed by atoms with Gasteiger partial charge in [0, 0.05) is 36.8 Å². The van der Waals surface area contributed by atoms with Crippen molar-refractivity contribution in [2.75, 3.05) is 58.5 Å². The van der Waals surface area contributed by atoms with E-state index >= 15 is 0 Å². The van der Waals surface area contributed by atoms with E-state index in [0.29, 0.717) is 33.8 Å². The van der Waals surface area contributed by atoms with Crippen molar-refractivity contribution in [1.29, 1.82) is 0 Å². The quantitative estimate of drug-likeness (QED) is 0.459. The second-order valence-corrected chi connectivity index (χ2v) is 9.35. The topological polar surface area (TPSA) is 64.1 Å². The van der Waals surface area contributed by atoms with Crippen molar-refractivity contribution < 1.29 is 19.0 Å². The lowest BCUT2D eigenvalue weighted by molar-refractivity contribution is 0.0376. The Bertz CT molecular complexity index is 1130. The maximum Gasteiger partial charge on any atom is 0.260 e. The van der Waals surface area contributed by atoms with Gasteiger partial charge in [-0.3, -0.25) is 14.6 Å². The zero-order valence-electron chi connectivity index (χ0n) is 19.1. The van der Waals surface area contributed by atoms with Crippen LogP contribution in [0, 0.1) is 6.92 Å². The van der Waals surface area contributed by atoms with Crippen LogP contribution in [0.2, 0.25) is 5.02 Å². The van der Waals surface area contributed by atoms with Crippen LogP contribution in [0.5, 0.6) is 11.5 Å². The van der Waals surface area contributed by atoms with Crippen LogP contribution in [-0.2, 0) is 4.74 Å². The summed E-state index contributed by atoms with van der Waals surface area (Å²) in [5.41, 5.74) is 2.39. The highest BCUT2D eigenvalue weighted by Crippen LogP contribution is 2.35. The van der Waals surface area contributed by atoms with E-state index in [9.17, 15) is 4.79 Å². The molecule has 1 aliphatic heterocycles. The normalized spacial score (nSPS) is 14.4. The average molecular weight is 490 g/mol. The van der Waals surface area contributed by atoms with Gasteiger partial charge in [0.25, 0.3) is 5.91 Å². The van der Waals surface area contributed by atoms with E-state index in [0.717, 1.165) is 55.0 Å². The number of benzene rings is 2. The minimum absolute atomic E-state index is 0.124. The van der Waals surface area contributed by atoms with Crippen LogP contribution < -0.4 is 14.4 Å². The van der Waals surface area contributed by atoms with E-state index in [4.69, 9.17) is 30.8 Å². The van der Waals surface area contributed by atoms with Crippen molar-refractivity contribution >= 4 is 44.2 Å². The molecule has 1 saturated heterocycles. The summed E-state index contributed by atoms with van der Waals surface area (Å²) in [6.07, 6.45) is 0.828. The monoisotopic (exact) mass is 489 g/mol. The first kappa shape index (κ1) is 23.8. The summed E-state index contributed by atoms with van der Waals surface area (Å²) < 4.78 is 17.1. The molecule has 1 amide bonds. The van der Waals surface area contributed by atoms with Crippen molar-refractivity contribution in [1.82, 2.24) is 9.88 Å². The van der Waals surface area contributed by atoms with Gasteiger partial charge in [0.1, 0.15) is 0 Å². The highest BCUT2D eigenvalue weighted by Gasteiger charge is 2.23. The van der Waals surface area contributed by atoms with Gasteiger partial charge in [-0.2, -0.15) is 0 Å². The van der Waals surface area contributed by atoms with Crippen molar-refractivity contribution in [3.05, 3.63) is 46.5 Å². The fourth-order valence-electron chi connectivity index (χ4n) is 3.94. The third-order valence-corrected chi connectivity index (χ3v) is 6.95. The molecular weight excluding hydrogens is 462 g/mol. The average Bonchev–Trinajstić information content (AvgIpc) is 3.25. The Hall–Kier alpha value is -2.39. The number of morpholine rings is 1. The maximum atomic E-state index is 13.7. The summed E-state index contributed by atoms with van der Waals surface area (Å²) in [7, 11) is 3.14. The molecule has 0 atom stereocenters. The maximum absolute atomic E-state index is 13.7. The molecule has 1 aromatic heterocycles. The molecule has 1 aliphatic rings. The number of rotatable bonds is 8. The highest BCUT2D eigenvalue weighted by atomic mass is 35.5. The van der Waals surface area contributed by atoms with Gasteiger partial charge in [-0.1, -0.05) is 22.9 Å². The van der Waals surface area contributed by atoms with E-state index < -0.39 is 0 Å². The molecular formula is C24H28ClN3O4S. The first-order valence-electron chi connectivity index (χ1n) is 10.9. The minimum atomic E-state index is -0.124. The van der Waals surface area contributed by atoms with Gasteiger partial charge in [0.2, 0.25) is 0 Å². The van der Waals surface area contributed by atoms with E-state index in [2.05, 4.69) is 4.90 Å². The van der Waals surface area contributed by atoms with Crippen LogP contribution >= 0.6 is 22.9 Å². The number of fused-ring (bicyclic) bond motifs is 1. The Morgan fingerprint density at radius 3 is 2.67 bits per heavy atom. The molecule has 3 aromatic rings. The SMILES string of the molecule is COc1ccc(C(=O)N(CCCN2CCOCC2)c2nc3c(C)cc(Cl)cc3s2)cc1OC. The number of anilines is 1. The fourth-order valence-corrected chi connectivity index (χ4v) is 5.39. The first-order chi connectivity index (χ1) is 16.0. The lowest BCUT2D eigenvalue weighted by Crippen LogP contribution is -2.39. The van der Waals surface area contributed by atoms with Crippen LogP contribution in [-0.4, -0.2) is 69.4 Å². The highest BCUT2D eigenvalue weighted by molar-refractivity contribution is 7.22. The molecule has 4 rings (SSSR count). The second-order valence-electron chi connectivity index (χ2n) is 7.90. The van der Waals surface area contributed by atoms with Gasteiger partial charge in [-0.25, -0.2) is 4.98 Å². The third kappa shape index (κ3) is 5.41. The van der Waals surface area contributed by atoms with Crippen molar-refractivity contribution in [3.8, 4) is 11.5 Å². The number of carbonyl (C=O) groups excluding carboxylic acids is 1. The Labute approximate surface area is 202 Å². The van der Waals surface area contributed by atoms with Crippen LogP contribution in [0.4, 0.5) is 5.13 Å². The number of aromatic nitrogens is 1. The van der Waals surface area contributed by atoms with Gasteiger partial charge in [0.15, 0.2) is 16.6 Å². The van der Waals surface area contributed by atoms with Crippen LogP contribution in [0.1, 0.15) is 22.3 Å². The number of halogens is 1. The molecule has 2 aromatic carbocycles. The molecule has 0 aliphatic carbocycles. The molecule has 0 saturated carbocycles. The van der Waals surface area contributed by atoms with Crippen LogP contribution in [0.25, 0.3) is 10.2 Å². The Morgan fingerprint density at radius 1 is 1.18 bits per heavy atom. The minimum Gasteiger partial charge on any atom is -0.493 e. The molecule has 176 valence electrons. The third-order valence-electron chi connectivity index (χ3n) is 5.71. The van der Waals surface area contributed by atoms with Crippen molar-refractivity contribution in [3.63, 3.8) is 0 Å². The number of ether oxygens (including phenoxy) is 3. The Balaban J connectivity index is 1.63. The van der Waals surface area contributed by atoms with Gasteiger partial charge in [-0.05, 0) is 49.2 Å². The van der Waals surface area contributed by atoms with Gasteiger partial charge in [0.05, 0.1) is 37.6 Å². The molecule has 0 radical (unpaired) electrons. The van der Waals surface area contributed by atoms with E-state index in [1.807, 2.05) is 19.1 Å². The zero-order valence-corrected chi connectivity index (χ0v) is 20.7. The summed E-state index contributed by atoms with van der Waals surface area (Å²) in [6.45, 7) is 6.78. The first-order valence-corrected chi connectivity index (χ1v) is 12.1. The molecule has 0 unspecified atom stereocenters. The second kappa shape index (κ2) is 10.7. The van der Waals surface area contributed by atoms with E-state index in [-0.39, 0.29) is 5.91 Å². The summed E-state index contributed by atoms with van der Waals surface area (Å²) in [4.78, 5) is 22.6. The molecule has 0 bridgehead atoms. The van der Waals surface area contributed by atoms with Crippen LogP contribution in [0.3, 0.4) is 0 Å². The Morgan fingerprint density at radius 2 is 1.94 bits per heavy atom. The lowest BCUT2D eigenvalue weighted by Gasteiger charge is -2.27. The number of nitrogens with zero attached hydrogens (tertiary/aromatic N) is 3. The number of thiazole rings is 1. The number of hydrogen-bond donors (Lipinski definition) is 0. The number of aryl methyl sites for hydroxylation is 1. The predicted molar refractivity (Wildman–Crippen MR) is 132 cm³/mol. The molecule has 1 fully saturated rings. The van der Waals surface area contributed by atoms with Gasteiger partial charge < -0.3 is 14.2 Å². The molecule has 7 nitrogen and oxygen atoms in total. The molecule has 2 heterocycles. The summed E-state index contributed by atoms with van der Waals surface area (Å²) in [5, 5.41) is 1.33. The molecule has 33 heavy (non-hydrogen) atoms. The number of methoxy groups -OCH3 is 2. The number of hydrogen-bond acceptors (Lipinski definition) is 7.